The molecule has 0 aliphatic heterocycles. The molecule has 0 saturated carbocycles. The molecule has 206 valence electrons. The van der Waals surface area contributed by atoms with Gasteiger partial charge in [-0.15, -0.1) is 0 Å². The molecule has 8 nitrogen and oxygen atoms in total. The third-order valence-corrected chi connectivity index (χ3v) is 6.49. The Morgan fingerprint density at radius 1 is 1.26 bits per heavy atom. The number of methoxy groups -OCH3 is 1. The minimum Gasteiger partial charge on any atom is -0.470 e. The second-order valence-corrected chi connectivity index (χ2v) is 8.93. The van der Waals surface area contributed by atoms with Gasteiger partial charge in [0.2, 0.25) is 5.91 Å². The van der Waals surface area contributed by atoms with E-state index in [1.165, 1.54) is 6.20 Å². The van der Waals surface area contributed by atoms with Gasteiger partial charge < -0.3 is 25.8 Å². The summed E-state index contributed by atoms with van der Waals surface area (Å²) >= 11 is 0. The largest absolute Gasteiger partial charge is 0.470 e. The minimum absolute atomic E-state index is 0.144. The molecule has 1 heterocycles. The first-order valence-electron chi connectivity index (χ1n) is 12.0. The number of rotatable bonds is 12. The van der Waals surface area contributed by atoms with Crippen molar-refractivity contribution in [2.45, 2.75) is 38.0 Å². The van der Waals surface area contributed by atoms with Crippen LogP contribution in [-0.2, 0) is 27.7 Å². The van der Waals surface area contributed by atoms with Crippen molar-refractivity contribution in [2.75, 3.05) is 39.1 Å². The van der Waals surface area contributed by atoms with Crippen LogP contribution in [0.25, 0.3) is 0 Å². The number of primary amides is 1. The highest BCUT2D eigenvalue weighted by Gasteiger charge is 2.38. The lowest BCUT2D eigenvalue weighted by atomic mass is 9.73. The molecule has 1 aliphatic carbocycles. The van der Waals surface area contributed by atoms with Crippen LogP contribution in [0.5, 0.6) is 5.88 Å². The summed E-state index contributed by atoms with van der Waals surface area (Å²) in [4.78, 5) is 22.8. The Morgan fingerprint density at radius 2 is 2.03 bits per heavy atom. The molecule has 0 fully saturated rings. The highest BCUT2D eigenvalue weighted by Crippen LogP contribution is 2.39. The average molecular weight is 538 g/mol. The monoisotopic (exact) mass is 537 g/mol. The summed E-state index contributed by atoms with van der Waals surface area (Å²) in [6, 6.07) is 3.02. The first-order valence-corrected chi connectivity index (χ1v) is 12.0. The number of ether oxygens (including phenoxy) is 2. The van der Waals surface area contributed by atoms with E-state index in [9.17, 15) is 22.4 Å². The Balaban J connectivity index is 1.93. The van der Waals surface area contributed by atoms with Crippen LogP contribution in [-0.4, -0.2) is 54.1 Å². The van der Waals surface area contributed by atoms with Crippen molar-refractivity contribution in [1.29, 1.82) is 0 Å². The van der Waals surface area contributed by atoms with Gasteiger partial charge in [0, 0.05) is 30.2 Å². The highest BCUT2D eigenvalue weighted by molar-refractivity contribution is 5.92. The molecule has 1 aliphatic rings. The molecule has 1 aromatic carbocycles. The van der Waals surface area contributed by atoms with Crippen LogP contribution in [0.15, 0.2) is 48.2 Å². The van der Waals surface area contributed by atoms with Crippen LogP contribution in [0, 0.1) is 5.82 Å². The smallest absolute Gasteiger partial charge is 0.419 e. The van der Waals surface area contributed by atoms with Crippen molar-refractivity contribution in [3.05, 3.63) is 70.8 Å². The van der Waals surface area contributed by atoms with Gasteiger partial charge in [0.25, 0.3) is 5.88 Å². The van der Waals surface area contributed by atoms with E-state index >= 15 is 0 Å². The summed E-state index contributed by atoms with van der Waals surface area (Å²) in [6.45, 7) is 4.01. The lowest BCUT2D eigenvalue weighted by Gasteiger charge is -2.35. The summed E-state index contributed by atoms with van der Waals surface area (Å²) in [6.07, 6.45) is 2.54. The Bertz CT molecular complexity index is 1200. The number of aromatic nitrogens is 2. The first-order chi connectivity index (χ1) is 18.0. The van der Waals surface area contributed by atoms with Gasteiger partial charge in [-0.3, -0.25) is 4.79 Å². The van der Waals surface area contributed by atoms with E-state index in [1.807, 2.05) is 13.0 Å². The number of carbonyl (C=O) groups is 1. The maximum absolute atomic E-state index is 14.0. The van der Waals surface area contributed by atoms with E-state index in [2.05, 4.69) is 14.9 Å². The normalized spacial score (nSPS) is 17.5. The molecule has 0 bridgehead atoms. The van der Waals surface area contributed by atoms with Crippen molar-refractivity contribution in [2.24, 2.45) is 5.73 Å². The maximum Gasteiger partial charge on any atom is 0.419 e. The Hall–Kier alpha value is -3.51. The van der Waals surface area contributed by atoms with Gasteiger partial charge in [0.15, 0.2) is 5.82 Å². The number of halogens is 4. The van der Waals surface area contributed by atoms with Gasteiger partial charge in [-0.1, -0.05) is 37.3 Å². The molecule has 1 aromatic heterocycles. The molecule has 0 spiro atoms. The van der Waals surface area contributed by atoms with Gasteiger partial charge in [0.1, 0.15) is 12.4 Å². The highest BCUT2D eigenvalue weighted by atomic mass is 19.4. The fourth-order valence-corrected chi connectivity index (χ4v) is 4.34. The standard InChI is InChI=1S/C26H31F4N5O3/c1-3-35(12-13-37-2)11-10-25(9-5-7-17(14-25)23(32)36)20-15-33-22(31)24(34-20)38-16-18-6-4-8-19(27)21(18)26(28,29)30/h4-9,15H,3,10-14,16H2,1-2H3,(H2,31,33)(H2,32,36). The number of amides is 1. The zero-order chi connectivity index (χ0) is 27.9. The second kappa shape index (κ2) is 12.4. The number of alkyl halides is 3. The zero-order valence-corrected chi connectivity index (χ0v) is 21.2. The number of benzene rings is 1. The van der Waals surface area contributed by atoms with Gasteiger partial charge in [-0.2, -0.15) is 13.2 Å². The predicted octanol–water partition coefficient (Wildman–Crippen LogP) is 3.76. The lowest BCUT2D eigenvalue weighted by molar-refractivity contribution is -0.141. The quantitative estimate of drug-likeness (QED) is 0.396. The molecule has 3 rings (SSSR count). The van der Waals surface area contributed by atoms with Gasteiger partial charge in [-0.25, -0.2) is 14.4 Å². The fourth-order valence-electron chi connectivity index (χ4n) is 4.34. The van der Waals surface area contributed by atoms with E-state index < -0.39 is 41.0 Å². The van der Waals surface area contributed by atoms with Gasteiger partial charge in [-0.05, 0) is 32.0 Å². The van der Waals surface area contributed by atoms with Crippen LogP contribution in [0.2, 0.25) is 0 Å². The topological polar surface area (TPSA) is 117 Å². The molecule has 2 aromatic rings. The van der Waals surface area contributed by atoms with E-state index in [-0.39, 0.29) is 18.1 Å². The number of nitrogens with two attached hydrogens (primary N) is 2. The number of allylic oxidation sites excluding steroid dienone is 3. The number of anilines is 1. The van der Waals surface area contributed by atoms with E-state index in [0.29, 0.717) is 37.4 Å². The summed E-state index contributed by atoms with van der Waals surface area (Å²) < 4.78 is 65.0. The van der Waals surface area contributed by atoms with Crippen molar-refractivity contribution >= 4 is 11.7 Å². The summed E-state index contributed by atoms with van der Waals surface area (Å²) in [5, 5.41) is 0. The number of carbonyl (C=O) groups excluding carboxylic acids is 1. The molecule has 0 saturated heterocycles. The molecule has 1 amide bonds. The van der Waals surface area contributed by atoms with Gasteiger partial charge in [0.05, 0.1) is 24.1 Å². The zero-order valence-electron chi connectivity index (χ0n) is 21.2. The SMILES string of the molecule is CCN(CCOC)CCC1(c2cnc(N)c(OCc3cccc(F)c3C(F)(F)F)n2)C=CC=C(C(N)=O)C1. The molecule has 38 heavy (non-hydrogen) atoms. The van der Waals surface area contributed by atoms with Crippen molar-refractivity contribution in [3.8, 4) is 5.88 Å². The summed E-state index contributed by atoms with van der Waals surface area (Å²) in [7, 11) is 1.62. The van der Waals surface area contributed by atoms with Crippen molar-refractivity contribution < 1.29 is 31.8 Å². The van der Waals surface area contributed by atoms with Crippen LogP contribution in [0.4, 0.5) is 23.4 Å². The predicted molar refractivity (Wildman–Crippen MR) is 133 cm³/mol. The molecule has 1 unspecified atom stereocenters. The maximum atomic E-state index is 14.0. The van der Waals surface area contributed by atoms with Crippen molar-refractivity contribution in [3.63, 3.8) is 0 Å². The van der Waals surface area contributed by atoms with Crippen LogP contribution >= 0.6 is 0 Å². The Kier molecular flexibility index (Phi) is 9.45. The third-order valence-electron chi connectivity index (χ3n) is 6.49. The Labute approximate surface area is 218 Å². The first kappa shape index (κ1) is 29.1. The number of hydrogen-bond acceptors (Lipinski definition) is 7. The number of likely N-dealkylation sites (N-methyl/N-ethyl adjacent to an activating group) is 1. The molecule has 12 heteroatoms. The molecule has 0 radical (unpaired) electrons. The molecule has 1 atom stereocenters. The van der Waals surface area contributed by atoms with Gasteiger partial charge >= 0.3 is 6.18 Å². The van der Waals surface area contributed by atoms with E-state index in [0.717, 1.165) is 24.7 Å². The summed E-state index contributed by atoms with van der Waals surface area (Å²) in [5.74, 6) is -2.32. The average Bonchev–Trinajstić information content (AvgIpc) is 2.87. The summed E-state index contributed by atoms with van der Waals surface area (Å²) in [5.41, 5.74) is 9.66. The Morgan fingerprint density at radius 3 is 2.68 bits per heavy atom. The number of nitrogen functional groups attached to an aromatic ring is 1. The lowest BCUT2D eigenvalue weighted by Crippen LogP contribution is -2.37. The van der Waals surface area contributed by atoms with Crippen LogP contribution < -0.4 is 16.2 Å². The number of hydrogen-bond donors (Lipinski definition) is 2. The molecular formula is C26H31F4N5O3. The van der Waals surface area contributed by atoms with E-state index in [1.54, 1.807) is 19.3 Å². The fraction of sp³-hybridized carbons (Fsp3) is 0.423. The van der Waals surface area contributed by atoms with Crippen LogP contribution in [0.3, 0.4) is 0 Å². The van der Waals surface area contributed by atoms with Crippen LogP contribution in [0.1, 0.15) is 36.6 Å². The van der Waals surface area contributed by atoms with E-state index in [4.69, 9.17) is 20.9 Å². The number of nitrogens with zero attached hydrogens (tertiary/aromatic N) is 3. The van der Waals surface area contributed by atoms with Crippen molar-refractivity contribution in [1.82, 2.24) is 14.9 Å². The molecule has 4 N–H and O–H groups in total. The molecular weight excluding hydrogens is 506 g/mol. The minimum atomic E-state index is -4.91. The third kappa shape index (κ3) is 6.87. The second-order valence-electron chi connectivity index (χ2n) is 8.93.